The van der Waals surface area contributed by atoms with Crippen molar-refractivity contribution in [3.05, 3.63) is 11.6 Å². The van der Waals surface area contributed by atoms with Crippen LogP contribution in [-0.2, 0) is 19.1 Å². The predicted octanol–water partition coefficient (Wildman–Crippen LogP) is 2.74. The Morgan fingerprint density at radius 3 is 2.43 bits per heavy atom. The second-order valence-corrected chi connectivity index (χ2v) is 10.8. The van der Waals surface area contributed by atoms with E-state index in [2.05, 4.69) is 6.92 Å². The first-order valence-electron chi connectivity index (χ1n) is 11.2. The number of hydrogen-bond acceptors (Lipinski definition) is 6. The molecule has 0 aromatic carbocycles. The van der Waals surface area contributed by atoms with Gasteiger partial charge in [0.25, 0.3) is 0 Å². The van der Waals surface area contributed by atoms with Gasteiger partial charge in [-0.3, -0.25) is 14.4 Å². The van der Waals surface area contributed by atoms with E-state index in [4.69, 9.17) is 4.74 Å². The standard InChI is InChI=1S/C24H34O6/c1-14(26)30-24(20(28)13-25)10-7-18-16-12-23(4,29)19-11-15(27)5-8-21(19,2)17(16)6-9-22(18,24)3/h11,16-18,25,29H,5-10,12-13H2,1-4H3/t16-,17+,18+,21-,22+,23-,24+/m1/s1. The smallest absolute Gasteiger partial charge is 0.303 e. The SMILES string of the molecule is CC(=O)O[C@]1(C(=O)CO)CC[C@H]2[C@@H]3C[C@@](C)(O)C4=CC(=O)CC[C@]4(C)[C@H]3CC[C@@]21C. The zero-order chi connectivity index (χ0) is 22.1. The minimum Gasteiger partial charge on any atom is -0.451 e. The third kappa shape index (κ3) is 2.72. The highest BCUT2D eigenvalue weighted by molar-refractivity contribution is 5.92. The molecular formula is C24H34O6. The molecule has 6 nitrogen and oxygen atoms in total. The highest BCUT2D eigenvalue weighted by Crippen LogP contribution is 2.69. The molecule has 166 valence electrons. The Hall–Kier alpha value is -1.53. The van der Waals surface area contributed by atoms with Crippen LogP contribution in [0.15, 0.2) is 11.6 Å². The summed E-state index contributed by atoms with van der Waals surface area (Å²) in [5.74, 6) is -0.248. The average Bonchev–Trinajstić information content (AvgIpc) is 2.95. The second kappa shape index (κ2) is 6.73. The molecule has 0 aliphatic heterocycles. The molecule has 4 aliphatic rings. The molecule has 4 rings (SSSR count). The molecule has 7 atom stereocenters. The van der Waals surface area contributed by atoms with Crippen molar-refractivity contribution in [1.82, 2.24) is 0 Å². The fraction of sp³-hybridized carbons (Fsp3) is 0.792. The van der Waals surface area contributed by atoms with Gasteiger partial charge in [-0.05, 0) is 80.3 Å². The Morgan fingerprint density at radius 1 is 1.13 bits per heavy atom. The van der Waals surface area contributed by atoms with Crippen LogP contribution in [0.1, 0.15) is 72.6 Å². The van der Waals surface area contributed by atoms with Gasteiger partial charge in [0.1, 0.15) is 6.61 Å². The van der Waals surface area contributed by atoms with Crippen molar-refractivity contribution in [2.45, 2.75) is 83.8 Å². The fourth-order valence-corrected chi connectivity index (χ4v) is 8.06. The quantitative estimate of drug-likeness (QED) is 0.684. The van der Waals surface area contributed by atoms with E-state index >= 15 is 0 Å². The van der Waals surface area contributed by atoms with Gasteiger partial charge in [-0.15, -0.1) is 0 Å². The van der Waals surface area contributed by atoms with Crippen molar-refractivity contribution in [3.8, 4) is 0 Å². The van der Waals surface area contributed by atoms with Gasteiger partial charge in [-0.2, -0.15) is 0 Å². The lowest BCUT2D eigenvalue weighted by molar-refractivity contribution is -0.192. The van der Waals surface area contributed by atoms with Gasteiger partial charge in [0, 0.05) is 18.8 Å². The van der Waals surface area contributed by atoms with E-state index in [1.165, 1.54) is 6.92 Å². The minimum absolute atomic E-state index is 0.0881. The monoisotopic (exact) mass is 418 g/mol. The molecule has 0 aromatic heterocycles. The fourth-order valence-electron chi connectivity index (χ4n) is 8.06. The lowest BCUT2D eigenvalue weighted by Gasteiger charge is -2.62. The molecule has 0 spiro atoms. The first kappa shape index (κ1) is 21.7. The normalized spacial score (nSPS) is 47.6. The summed E-state index contributed by atoms with van der Waals surface area (Å²) < 4.78 is 5.73. The number of ether oxygens (including phenoxy) is 1. The third-order valence-corrected chi connectivity index (χ3v) is 9.31. The van der Waals surface area contributed by atoms with Crippen LogP contribution in [-0.4, -0.2) is 45.6 Å². The summed E-state index contributed by atoms with van der Waals surface area (Å²) in [6.07, 6.45) is 6.16. The highest BCUT2D eigenvalue weighted by Gasteiger charge is 2.69. The van der Waals surface area contributed by atoms with Crippen LogP contribution in [0.5, 0.6) is 0 Å². The number of hydrogen-bond donors (Lipinski definition) is 2. The summed E-state index contributed by atoms with van der Waals surface area (Å²) in [6, 6.07) is 0. The number of ketones is 2. The molecule has 2 N–H and O–H groups in total. The molecule has 0 bridgehead atoms. The van der Waals surface area contributed by atoms with Gasteiger partial charge in [-0.1, -0.05) is 13.8 Å². The van der Waals surface area contributed by atoms with Crippen molar-refractivity contribution in [1.29, 1.82) is 0 Å². The van der Waals surface area contributed by atoms with Crippen LogP contribution < -0.4 is 0 Å². The molecule has 4 aliphatic carbocycles. The Kier molecular flexibility index (Phi) is 4.87. The molecule has 0 saturated heterocycles. The van der Waals surface area contributed by atoms with Gasteiger partial charge in [0.2, 0.25) is 5.78 Å². The minimum atomic E-state index is -1.30. The summed E-state index contributed by atoms with van der Waals surface area (Å²) in [5.41, 5.74) is -2.31. The van der Waals surface area contributed by atoms with Crippen LogP contribution in [0.4, 0.5) is 0 Å². The van der Waals surface area contributed by atoms with E-state index in [-0.39, 0.29) is 23.0 Å². The lowest BCUT2D eigenvalue weighted by Crippen LogP contribution is -2.62. The molecule has 0 aromatic rings. The van der Waals surface area contributed by atoms with Gasteiger partial charge in [-0.25, -0.2) is 0 Å². The summed E-state index contributed by atoms with van der Waals surface area (Å²) in [4.78, 5) is 37.0. The number of aliphatic hydroxyl groups excluding tert-OH is 1. The maximum absolute atomic E-state index is 12.9. The van der Waals surface area contributed by atoms with Crippen LogP contribution in [0.2, 0.25) is 0 Å². The predicted molar refractivity (Wildman–Crippen MR) is 109 cm³/mol. The van der Waals surface area contributed by atoms with Crippen molar-refractivity contribution in [2.75, 3.05) is 6.61 Å². The largest absolute Gasteiger partial charge is 0.451 e. The third-order valence-electron chi connectivity index (χ3n) is 9.31. The molecule has 0 amide bonds. The van der Waals surface area contributed by atoms with Gasteiger partial charge in [0.15, 0.2) is 11.4 Å². The van der Waals surface area contributed by atoms with Crippen molar-refractivity contribution in [2.24, 2.45) is 28.6 Å². The number of aliphatic hydroxyl groups is 2. The first-order valence-corrected chi connectivity index (χ1v) is 11.2. The van der Waals surface area contributed by atoms with Crippen LogP contribution in [0.3, 0.4) is 0 Å². The van der Waals surface area contributed by atoms with Crippen LogP contribution in [0, 0.1) is 28.6 Å². The number of esters is 1. The molecule has 6 heteroatoms. The number of Topliss-reactive ketones (excluding diaryl/α,β-unsaturated/α-hetero) is 1. The summed E-state index contributed by atoms with van der Waals surface area (Å²) in [5, 5.41) is 21.1. The van der Waals surface area contributed by atoms with E-state index in [1.807, 2.05) is 13.8 Å². The van der Waals surface area contributed by atoms with E-state index in [0.717, 1.165) is 31.3 Å². The van der Waals surface area contributed by atoms with E-state index in [0.29, 0.717) is 25.2 Å². The van der Waals surface area contributed by atoms with Gasteiger partial charge in [0.05, 0.1) is 5.60 Å². The van der Waals surface area contributed by atoms with Crippen molar-refractivity contribution < 1.29 is 29.3 Å². The zero-order valence-corrected chi connectivity index (χ0v) is 18.5. The lowest BCUT2D eigenvalue weighted by atomic mass is 9.44. The molecular weight excluding hydrogens is 384 g/mol. The maximum Gasteiger partial charge on any atom is 0.303 e. The molecule has 3 fully saturated rings. The highest BCUT2D eigenvalue weighted by atomic mass is 16.6. The number of carbonyl (C=O) groups is 3. The van der Waals surface area contributed by atoms with E-state index in [1.54, 1.807) is 6.08 Å². The van der Waals surface area contributed by atoms with Gasteiger partial charge < -0.3 is 14.9 Å². The number of fused-ring (bicyclic) bond motifs is 5. The van der Waals surface area contributed by atoms with E-state index in [9.17, 15) is 24.6 Å². The van der Waals surface area contributed by atoms with Crippen molar-refractivity contribution in [3.63, 3.8) is 0 Å². The van der Waals surface area contributed by atoms with Crippen LogP contribution in [0.25, 0.3) is 0 Å². The number of carbonyl (C=O) groups excluding carboxylic acids is 3. The Labute approximate surface area is 178 Å². The maximum atomic E-state index is 12.9. The molecule has 30 heavy (non-hydrogen) atoms. The molecule has 0 heterocycles. The zero-order valence-electron chi connectivity index (χ0n) is 18.5. The summed E-state index contributed by atoms with van der Waals surface area (Å²) in [6.45, 7) is 6.70. The van der Waals surface area contributed by atoms with E-state index < -0.39 is 35.0 Å². The molecule has 0 unspecified atom stereocenters. The van der Waals surface area contributed by atoms with Crippen molar-refractivity contribution >= 4 is 17.5 Å². The van der Waals surface area contributed by atoms with Crippen LogP contribution >= 0.6 is 0 Å². The first-order chi connectivity index (χ1) is 13.9. The Balaban J connectivity index is 1.77. The number of rotatable bonds is 3. The molecule has 0 radical (unpaired) electrons. The summed E-state index contributed by atoms with van der Waals surface area (Å²) in [7, 11) is 0. The molecule has 3 saturated carbocycles. The van der Waals surface area contributed by atoms with Gasteiger partial charge >= 0.3 is 5.97 Å². The average molecular weight is 419 g/mol. The second-order valence-electron chi connectivity index (χ2n) is 10.8. The Bertz CT molecular complexity index is 828. The Morgan fingerprint density at radius 2 is 1.80 bits per heavy atom. The summed E-state index contributed by atoms with van der Waals surface area (Å²) >= 11 is 0. The topological polar surface area (TPSA) is 101 Å².